The molecule has 0 spiro atoms. The van der Waals surface area contributed by atoms with Gasteiger partial charge in [0.25, 0.3) is 0 Å². The lowest BCUT2D eigenvalue weighted by Crippen LogP contribution is -2.12. The molecule has 0 N–H and O–H groups in total. The van der Waals surface area contributed by atoms with E-state index in [2.05, 4.69) is 11.9 Å². The summed E-state index contributed by atoms with van der Waals surface area (Å²) in [5, 5.41) is 0.157. The lowest BCUT2D eigenvalue weighted by molar-refractivity contribution is 0.0313. The number of halogens is 1. The molecule has 1 rings (SSSR count). The van der Waals surface area contributed by atoms with Crippen LogP contribution in [-0.2, 0) is 9.47 Å². The molecule has 0 aliphatic carbocycles. The summed E-state index contributed by atoms with van der Waals surface area (Å²) in [5.74, 6) is -0.470. The van der Waals surface area contributed by atoms with Gasteiger partial charge in [0.05, 0.1) is 12.2 Å². The van der Waals surface area contributed by atoms with E-state index in [4.69, 9.17) is 21.1 Å². The van der Waals surface area contributed by atoms with Gasteiger partial charge in [-0.1, -0.05) is 24.9 Å². The summed E-state index contributed by atoms with van der Waals surface area (Å²) in [5.41, 5.74) is 0.280. The summed E-state index contributed by atoms with van der Waals surface area (Å²) in [6, 6.07) is 3.22. The van der Waals surface area contributed by atoms with Gasteiger partial charge >= 0.3 is 5.97 Å². The average molecular weight is 258 g/mol. The number of ether oxygens (including phenoxy) is 2. The Bertz CT molecular complexity index is 357. The van der Waals surface area contributed by atoms with E-state index in [1.807, 2.05) is 0 Å². The van der Waals surface area contributed by atoms with Crippen LogP contribution in [0.5, 0.6) is 0 Å². The zero-order valence-corrected chi connectivity index (χ0v) is 10.6. The Balaban J connectivity index is 2.24. The van der Waals surface area contributed by atoms with Crippen LogP contribution in [0.25, 0.3) is 0 Å². The van der Waals surface area contributed by atoms with Crippen LogP contribution in [0.2, 0.25) is 5.15 Å². The Labute approximate surface area is 106 Å². The Kier molecular flexibility index (Phi) is 6.58. The summed E-state index contributed by atoms with van der Waals surface area (Å²) in [4.78, 5) is 15.4. The van der Waals surface area contributed by atoms with Gasteiger partial charge < -0.3 is 9.47 Å². The first-order chi connectivity index (χ1) is 8.25. The van der Waals surface area contributed by atoms with Crippen LogP contribution in [0.15, 0.2) is 18.3 Å². The number of hydrogen-bond acceptors (Lipinski definition) is 4. The number of pyridine rings is 1. The van der Waals surface area contributed by atoms with E-state index < -0.39 is 5.97 Å². The lowest BCUT2D eigenvalue weighted by Gasteiger charge is -2.06. The van der Waals surface area contributed by atoms with Gasteiger partial charge in [-0.3, -0.25) is 0 Å². The van der Waals surface area contributed by atoms with Crippen molar-refractivity contribution in [3.8, 4) is 0 Å². The van der Waals surface area contributed by atoms with Gasteiger partial charge in [-0.2, -0.15) is 0 Å². The largest absolute Gasteiger partial charge is 0.460 e. The standard InChI is InChI=1S/C12H16ClNO3/c1-2-3-7-16-8-9-17-12(15)10-5-4-6-14-11(10)13/h4-6H,2-3,7-9H2,1H3. The maximum atomic E-state index is 11.6. The fourth-order valence-corrected chi connectivity index (χ4v) is 1.35. The minimum atomic E-state index is -0.470. The third-order valence-electron chi connectivity index (χ3n) is 2.08. The Morgan fingerprint density at radius 1 is 1.41 bits per heavy atom. The lowest BCUT2D eigenvalue weighted by atomic mass is 10.3. The molecule has 0 aliphatic rings. The Morgan fingerprint density at radius 2 is 2.24 bits per heavy atom. The highest BCUT2D eigenvalue weighted by Gasteiger charge is 2.11. The van der Waals surface area contributed by atoms with Crippen molar-refractivity contribution in [2.75, 3.05) is 19.8 Å². The first kappa shape index (κ1) is 13.9. The second kappa shape index (κ2) is 8.03. The maximum absolute atomic E-state index is 11.6. The third-order valence-corrected chi connectivity index (χ3v) is 2.38. The average Bonchev–Trinajstić information content (AvgIpc) is 2.34. The number of aromatic nitrogens is 1. The normalized spacial score (nSPS) is 10.2. The molecule has 1 heterocycles. The van der Waals surface area contributed by atoms with Crippen molar-refractivity contribution in [3.05, 3.63) is 29.0 Å². The van der Waals surface area contributed by atoms with Gasteiger partial charge in [-0.25, -0.2) is 9.78 Å². The monoisotopic (exact) mass is 257 g/mol. The summed E-state index contributed by atoms with van der Waals surface area (Å²) in [7, 11) is 0. The Morgan fingerprint density at radius 3 is 2.94 bits per heavy atom. The van der Waals surface area contributed by atoms with E-state index in [9.17, 15) is 4.79 Å². The highest BCUT2D eigenvalue weighted by Crippen LogP contribution is 2.12. The minimum absolute atomic E-state index is 0.157. The zero-order chi connectivity index (χ0) is 12.5. The molecule has 4 nitrogen and oxygen atoms in total. The summed E-state index contributed by atoms with van der Waals surface area (Å²) in [6.45, 7) is 3.42. The van der Waals surface area contributed by atoms with E-state index in [0.717, 1.165) is 12.8 Å². The van der Waals surface area contributed by atoms with Gasteiger partial charge in [-0.05, 0) is 18.6 Å². The molecule has 0 bridgehead atoms. The molecule has 0 aliphatic heterocycles. The minimum Gasteiger partial charge on any atom is -0.460 e. The van der Waals surface area contributed by atoms with E-state index in [-0.39, 0.29) is 17.3 Å². The Hall–Kier alpha value is -1.13. The number of nitrogens with zero attached hydrogens (tertiary/aromatic N) is 1. The van der Waals surface area contributed by atoms with Crippen molar-refractivity contribution >= 4 is 17.6 Å². The molecular weight excluding hydrogens is 242 g/mol. The smallest absolute Gasteiger partial charge is 0.341 e. The SMILES string of the molecule is CCCCOCCOC(=O)c1cccnc1Cl. The number of rotatable bonds is 7. The second-order valence-corrected chi connectivity index (χ2v) is 3.80. The quantitative estimate of drug-likeness (QED) is 0.428. The number of carbonyl (C=O) groups excluding carboxylic acids is 1. The van der Waals surface area contributed by atoms with Crippen molar-refractivity contribution in [2.24, 2.45) is 0 Å². The molecule has 0 radical (unpaired) electrons. The van der Waals surface area contributed by atoms with E-state index in [1.54, 1.807) is 12.1 Å². The summed E-state index contributed by atoms with van der Waals surface area (Å²) in [6.07, 6.45) is 3.63. The van der Waals surface area contributed by atoms with Crippen LogP contribution < -0.4 is 0 Å². The third kappa shape index (κ3) is 5.15. The van der Waals surface area contributed by atoms with Crippen molar-refractivity contribution in [2.45, 2.75) is 19.8 Å². The van der Waals surface area contributed by atoms with Crippen LogP contribution in [0, 0.1) is 0 Å². The molecule has 0 saturated heterocycles. The van der Waals surface area contributed by atoms with Gasteiger partial charge in [0, 0.05) is 12.8 Å². The van der Waals surface area contributed by atoms with Crippen molar-refractivity contribution in [1.82, 2.24) is 4.98 Å². The van der Waals surface area contributed by atoms with Gasteiger partial charge in [-0.15, -0.1) is 0 Å². The molecule has 17 heavy (non-hydrogen) atoms. The van der Waals surface area contributed by atoms with E-state index in [1.165, 1.54) is 6.20 Å². The number of carbonyl (C=O) groups is 1. The van der Waals surface area contributed by atoms with E-state index >= 15 is 0 Å². The fraction of sp³-hybridized carbons (Fsp3) is 0.500. The molecule has 0 atom stereocenters. The molecule has 0 aromatic carbocycles. The van der Waals surface area contributed by atoms with Crippen molar-refractivity contribution in [3.63, 3.8) is 0 Å². The van der Waals surface area contributed by atoms with Crippen LogP contribution in [0.1, 0.15) is 30.1 Å². The summed E-state index contributed by atoms with van der Waals surface area (Å²) < 4.78 is 10.3. The second-order valence-electron chi connectivity index (χ2n) is 3.44. The molecule has 0 unspecified atom stereocenters. The van der Waals surface area contributed by atoms with Gasteiger partial charge in [0.1, 0.15) is 11.8 Å². The number of esters is 1. The fourth-order valence-electron chi connectivity index (χ4n) is 1.16. The maximum Gasteiger partial charge on any atom is 0.341 e. The van der Waals surface area contributed by atoms with Crippen LogP contribution in [0.3, 0.4) is 0 Å². The van der Waals surface area contributed by atoms with Crippen LogP contribution >= 0.6 is 11.6 Å². The molecular formula is C12H16ClNO3. The zero-order valence-electron chi connectivity index (χ0n) is 9.82. The number of unbranched alkanes of at least 4 members (excludes halogenated alkanes) is 1. The topological polar surface area (TPSA) is 48.4 Å². The molecule has 1 aromatic heterocycles. The highest BCUT2D eigenvalue weighted by molar-refractivity contribution is 6.32. The van der Waals surface area contributed by atoms with Gasteiger partial charge in [0.15, 0.2) is 0 Å². The van der Waals surface area contributed by atoms with Crippen LogP contribution in [0.4, 0.5) is 0 Å². The first-order valence-electron chi connectivity index (χ1n) is 5.61. The molecule has 1 aromatic rings. The highest BCUT2D eigenvalue weighted by atomic mass is 35.5. The molecule has 0 amide bonds. The predicted molar refractivity (Wildman–Crippen MR) is 65.3 cm³/mol. The van der Waals surface area contributed by atoms with E-state index in [0.29, 0.717) is 13.2 Å². The predicted octanol–water partition coefficient (Wildman–Crippen LogP) is 2.71. The summed E-state index contributed by atoms with van der Waals surface area (Å²) >= 11 is 5.76. The molecule has 0 saturated carbocycles. The van der Waals surface area contributed by atoms with Crippen molar-refractivity contribution < 1.29 is 14.3 Å². The van der Waals surface area contributed by atoms with Gasteiger partial charge in [0.2, 0.25) is 0 Å². The molecule has 0 fully saturated rings. The van der Waals surface area contributed by atoms with Crippen molar-refractivity contribution in [1.29, 1.82) is 0 Å². The first-order valence-corrected chi connectivity index (χ1v) is 5.99. The molecule has 94 valence electrons. The number of hydrogen-bond donors (Lipinski definition) is 0. The molecule has 5 heteroatoms. The van der Waals surface area contributed by atoms with Crippen LogP contribution in [-0.4, -0.2) is 30.8 Å².